The lowest BCUT2D eigenvalue weighted by Crippen LogP contribution is -2.08. The first kappa shape index (κ1) is 12.7. The fraction of sp³-hybridized carbons (Fsp3) is 0.500. The summed E-state index contributed by atoms with van der Waals surface area (Å²) in [4.78, 5) is 0. The SMILES string of the molecule is COc1ccc2c(c1)CCC=C2CCC1OCCO1. The molecule has 1 heterocycles. The number of ether oxygens (including phenoxy) is 3. The van der Waals surface area contributed by atoms with E-state index in [1.807, 2.05) is 6.07 Å². The van der Waals surface area contributed by atoms with Gasteiger partial charge in [0.2, 0.25) is 0 Å². The Morgan fingerprint density at radius 1 is 1.26 bits per heavy atom. The number of hydrogen-bond donors (Lipinski definition) is 0. The van der Waals surface area contributed by atoms with Gasteiger partial charge in [-0.2, -0.15) is 0 Å². The number of benzene rings is 1. The Labute approximate surface area is 114 Å². The average Bonchev–Trinajstić information content (AvgIpc) is 2.97. The molecule has 0 radical (unpaired) electrons. The van der Waals surface area contributed by atoms with Gasteiger partial charge < -0.3 is 14.2 Å². The molecule has 0 bridgehead atoms. The molecular weight excluding hydrogens is 240 g/mol. The average molecular weight is 260 g/mol. The summed E-state index contributed by atoms with van der Waals surface area (Å²) >= 11 is 0. The van der Waals surface area contributed by atoms with Crippen LogP contribution in [-0.4, -0.2) is 26.6 Å². The summed E-state index contributed by atoms with van der Waals surface area (Å²) in [6.45, 7) is 1.47. The molecule has 1 aromatic rings. The first-order valence-electron chi connectivity index (χ1n) is 6.96. The van der Waals surface area contributed by atoms with Gasteiger partial charge in [0.25, 0.3) is 0 Å². The van der Waals surface area contributed by atoms with Crippen molar-refractivity contribution in [3.63, 3.8) is 0 Å². The van der Waals surface area contributed by atoms with Crippen LogP contribution in [0.2, 0.25) is 0 Å². The van der Waals surface area contributed by atoms with Crippen LogP contribution in [0.25, 0.3) is 5.57 Å². The highest BCUT2D eigenvalue weighted by molar-refractivity contribution is 5.70. The molecule has 0 amide bonds. The zero-order valence-electron chi connectivity index (χ0n) is 11.4. The summed E-state index contributed by atoms with van der Waals surface area (Å²) in [7, 11) is 1.72. The minimum Gasteiger partial charge on any atom is -0.497 e. The third-order valence-corrected chi connectivity index (χ3v) is 3.80. The quantitative estimate of drug-likeness (QED) is 0.832. The second-order valence-electron chi connectivity index (χ2n) is 5.00. The predicted molar refractivity (Wildman–Crippen MR) is 74.2 cm³/mol. The molecule has 0 spiro atoms. The molecule has 1 aliphatic heterocycles. The molecular formula is C16H20O3. The van der Waals surface area contributed by atoms with Gasteiger partial charge in [-0.15, -0.1) is 0 Å². The van der Waals surface area contributed by atoms with Crippen molar-refractivity contribution in [1.82, 2.24) is 0 Å². The van der Waals surface area contributed by atoms with Gasteiger partial charge in [-0.05, 0) is 48.1 Å². The highest BCUT2D eigenvalue weighted by atomic mass is 16.7. The van der Waals surface area contributed by atoms with Crippen LogP contribution in [-0.2, 0) is 15.9 Å². The molecule has 19 heavy (non-hydrogen) atoms. The maximum absolute atomic E-state index is 5.50. The zero-order chi connectivity index (χ0) is 13.1. The Morgan fingerprint density at radius 3 is 2.89 bits per heavy atom. The minimum atomic E-state index is -0.00970. The van der Waals surface area contributed by atoms with E-state index in [2.05, 4.69) is 18.2 Å². The molecule has 2 aliphatic rings. The van der Waals surface area contributed by atoms with Gasteiger partial charge >= 0.3 is 0 Å². The van der Waals surface area contributed by atoms with Gasteiger partial charge in [-0.25, -0.2) is 0 Å². The van der Waals surface area contributed by atoms with Crippen LogP contribution in [0, 0.1) is 0 Å². The van der Waals surface area contributed by atoms with Gasteiger partial charge in [-0.1, -0.05) is 12.1 Å². The topological polar surface area (TPSA) is 27.7 Å². The Hall–Kier alpha value is -1.32. The molecule has 0 aromatic heterocycles. The van der Waals surface area contributed by atoms with Crippen LogP contribution in [0.15, 0.2) is 24.3 Å². The smallest absolute Gasteiger partial charge is 0.158 e. The van der Waals surface area contributed by atoms with Crippen molar-refractivity contribution in [2.45, 2.75) is 32.0 Å². The summed E-state index contributed by atoms with van der Waals surface area (Å²) in [5, 5.41) is 0. The number of allylic oxidation sites excluding steroid dienone is 2. The second kappa shape index (κ2) is 5.76. The summed E-state index contributed by atoms with van der Waals surface area (Å²) in [5.41, 5.74) is 4.18. The van der Waals surface area contributed by atoms with E-state index in [9.17, 15) is 0 Å². The number of hydrogen-bond acceptors (Lipinski definition) is 3. The van der Waals surface area contributed by atoms with Crippen molar-refractivity contribution >= 4 is 5.57 Å². The van der Waals surface area contributed by atoms with E-state index in [0.717, 1.165) is 44.6 Å². The van der Waals surface area contributed by atoms with Crippen molar-refractivity contribution in [2.24, 2.45) is 0 Å². The number of fused-ring (bicyclic) bond motifs is 1. The third kappa shape index (κ3) is 2.82. The molecule has 102 valence electrons. The van der Waals surface area contributed by atoms with Crippen molar-refractivity contribution in [3.05, 3.63) is 35.4 Å². The summed E-state index contributed by atoms with van der Waals surface area (Å²) < 4.78 is 16.3. The molecule has 1 aliphatic carbocycles. The number of methoxy groups -OCH3 is 1. The first-order valence-corrected chi connectivity index (χ1v) is 6.96. The standard InChI is InChI=1S/C16H20O3/c1-17-14-6-7-15-12(3-2-4-13(15)11-14)5-8-16-18-9-10-19-16/h3,6-7,11,16H,2,4-5,8-10H2,1H3. The van der Waals surface area contributed by atoms with E-state index in [0.29, 0.717) is 0 Å². The second-order valence-corrected chi connectivity index (χ2v) is 5.00. The van der Waals surface area contributed by atoms with Crippen molar-refractivity contribution in [3.8, 4) is 5.75 Å². The van der Waals surface area contributed by atoms with Crippen molar-refractivity contribution in [2.75, 3.05) is 20.3 Å². The van der Waals surface area contributed by atoms with Gasteiger partial charge in [0, 0.05) is 6.42 Å². The molecule has 0 atom stereocenters. The van der Waals surface area contributed by atoms with Crippen LogP contribution in [0.4, 0.5) is 0 Å². The largest absolute Gasteiger partial charge is 0.497 e. The monoisotopic (exact) mass is 260 g/mol. The molecule has 0 saturated carbocycles. The van der Waals surface area contributed by atoms with Crippen molar-refractivity contribution < 1.29 is 14.2 Å². The van der Waals surface area contributed by atoms with Crippen LogP contribution in [0.3, 0.4) is 0 Å². The van der Waals surface area contributed by atoms with E-state index in [-0.39, 0.29) is 6.29 Å². The summed E-state index contributed by atoms with van der Waals surface area (Å²) in [5.74, 6) is 0.947. The highest BCUT2D eigenvalue weighted by Gasteiger charge is 2.18. The van der Waals surface area contributed by atoms with Gasteiger partial charge in [0.15, 0.2) is 6.29 Å². The van der Waals surface area contributed by atoms with Crippen LogP contribution in [0.1, 0.15) is 30.4 Å². The zero-order valence-corrected chi connectivity index (χ0v) is 11.4. The normalized spacial score (nSPS) is 19.1. The molecule has 0 N–H and O–H groups in total. The number of aryl methyl sites for hydroxylation is 1. The lowest BCUT2D eigenvalue weighted by molar-refractivity contribution is -0.0453. The first-order chi connectivity index (χ1) is 9.36. The maximum Gasteiger partial charge on any atom is 0.158 e. The molecule has 3 nitrogen and oxygen atoms in total. The van der Waals surface area contributed by atoms with E-state index in [1.165, 1.54) is 16.7 Å². The predicted octanol–water partition coefficient (Wildman–Crippen LogP) is 3.18. The van der Waals surface area contributed by atoms with E-state index in [4.69, 9.17) is 14.2 Å². The fourth-order valence-corrected chi connectivity index (χ4v) is 2.81. The molecule has 0 unspecified atom stereocenters. The van der Waals surface area contributed by atoms with Gasteiger partial charge in [0.1, 0.15) is 5.75 Å². The third-order valence-electron chi connectivity index (χ3n) is 3.80. The van der Waals surface area contributed by atoms with Crippen LogP contribution < -0.4 is 4.74 Å². The molecule has 3 heteroatoms. The summed E-state index contributed by atoms with van der Waals surface area (Å²) in [6, 6.07) is 6.38. The van der Waals surface area contributed by atoms with E-state index < -0.39 is 0 Å². The molecule has 1 fully saturated rings. The van der Waals surface area contributed by atoms with Crippen LogP contribution in [0.5, 0.6) is 5.75 Å². The van der Waals surface area contributed by atoms with Crippen LogP contribution >= 0.6 is 0 Å². The van der Waals surface area contributed by atoms with E-state index >= 15 is 0 Å². The molecule has 1 aromatic carbocycles. The Bertz CT molecular complexity index is 473. The lowest BCUT2D eigenvalue weighted by Gasteiger charge is -2.19. The summed E-state index contributed by atoms with van der Waals surface area (Å²) in [6.07, 6.45) is 6.52. The van der Waals surface area contributed by atoms with E-state index in [1.54, 1.807) is 7.11 Å². The highest BCUT2D eigenvalue weighted by Crippen LogP contribution is 2.32. The Morgan fingerprint density at radius 2 is 2.11 bits per heavy atom. The van der Waals surface area contributed by atoms with Crippen molar-refractivity contribution in [1.29, 1.82) is 0 Å². The Kier molecular flexibility index (Phi) is 3.85. The lowest BCUT2D eigenvalue weighted by atomic mass is 9.88. The molecule has 3 rings (SSSR count). The fourth-order valence-electron chi connectivity index (χ4n) is 2.81. The molecule has 1 saturated heterocycles. The maximum atomic E-state index is 5.50. The minimum absolute atomic E-state index is 0.00970. The number of rotatable bonds is 4. The van der Waals surface area contributed by atoms with Gasteiger partial charge in [0.05, 0.1) is 20.3 Å². The van der Waals surface area contributed by atoms with Gasteiger partial charge in [-0.3, -0.25) is 0 Å². The Balaban J connectivity index is 1.71.